The average Bonchev–Trinajstić information content (AvgIpc) is 2.56. The second kappa shape index (κ2) is 6.86. The highest BCUT2D eigenvalue weighted by atomic mass is 16.1. The first-order chi connectivity index (χ1) is 11.1. The minimum absolute atomic E-state index is 0.129. The molecule has 23 heavy (non-hydrogen) atoms. The number of anilines is 3. The summed E-state index contributed by atoms with van der Waals surface area (Å²) in [4.78, 5) is 21.4. The van der Waals surface area contributed by atoms with Gasteiger partial charge in [0.1, 0.15) is 0 Å². The van der Waals surface area contributed by atoms with Crippen LogP contribution in [0.2, 0.25) is 0 Å². The second-order valence-electron chi connectivity index (χ2n) is 6.39. The molecule has 0 amide bonds. The molecule has 1 saturated heterocycles. The van der Waals surface area contributed by atoms with Gasteiger partial charge in [-0.15, -0.1) is 0 Å². The molecule has 1 aromatic carbocycles. The number of nitrogens with zero attached hydrogens (tertiary/aromatic N) is 2. The van der Waals surface area contributed by atoms with E-state index >= 15 is 0 Å². The molecule has 3 rings (SSSR count). The molecule has 122 valence electrons. The summed E-state index contributed by atoms with van der Waals surface area (Å²) in [7, 11) is 0. The highest BCUT2D eigenvalue weighted by molar-refractivity contribution is 5.59. The Morgan fingerprint density at radius 3 is 2.48 bits per heavy atom. The molecule has 0 bridgehead atoms. The van der Waals surface area contributed by atoms with Crippen LogP contribution in [0.25, 0.3) is 0 Å². The summed E-state index contributed by atoms with van der Waals surface area (Å²) in [5.74, 6) is 0.714. The van der Waals surface area contributed by atoms with Crippen molar-refractivity contribution >= 4 is 17.3 Å². The summed E-state index contributed by atoms with van der Waals surface area (Å²) in [6, 6.07) is 9.86. The summed E-state index contributed by atoms with van der Waals surface area (Å²) in [5.41, 5.74) is 2.85. The third kappa shape index (κ3) is 3.92. The van der Waals surface area contributed by atoms with Gasteiger partial charge >= 0.3 is 0 Å². The minimum Gasteiger partial charge on any atom is -0.372 e. The largest absolute Gasteiger partial charge is 0.372 e. The van der Waals surface area contributed by atoms with Crippen molar-refractivity contribution in [2.24, 2.45) is 0 Å². The monoisotopic (exact) mass is 312 g/mol. The van der Waals surface area contributed by atoms with Gasteiger partial charge in [0.15, 0.2) is 0 Å². The molecule has 0 aliphatic carbocycles. The lowest BCUT2D eigenvalue weighted by atomic mass is 10.1. The predicted molar refractivity (Wildman–Crippen MR) is 94.7 cm³/mol. The van der Waals surface area contributed by atoms with Crippen molar-refractivity contribution < 1.29 is 0 Å². The van der Waals surface area contributed by atoms with E-state index in [2.05, 4.69) is 32.3 Å². The van der Waals surface area contributed by atoms with E-state index in [-0.39, 0.29) is 11.5 Å². The molecule has 2 heterocycles. The van der Waals surface area contributed by atoms with Crippen molar-refractivity contribution in [2.45, 2.75) is 39.0 Å². The summed E-state index contributed by atoms with van der Waals surface area (Å²) >= 11 is 0. The Morgan fingerprint density at radius 1 is 1.13 bits per heavy atom. The smallest absolute Gasteiger partial charge is 0.252 e. The number of hydrogen-bond acceptors (Lipinski definition) is 4. The van der Waals surface area contributed by atoms with Gasteiger partial charge < -0.3 is 10.2 Å². The zero-order chi connectivity index (χ0) is 16.2. The van der Waals surface area contributed by atoms with E-state index in [1.807, 2.05) is 26.0 Å². The van der Waals surface area contributed by atoms with Crippen molar-refractivity contribution in [3.05, 3.63) is 46.4 Å². The van der Waals surface area contributed by atoms with Gasteiger partial charge in [0, 0.05) is 30.5 Å². The van der Waals surface area contributed by atoms with Gasteiger partial charge in [0.25, 0.3) is 5.56 Å². The molecule has 1 aliphatic rings. The van der Waals surface area contributed by atoms with E-state index < -0.39 is 0 Å². The van der Waals surface area contributed by atoms with E-state index in [9.17, 15) is 4.79 Å². The van der Waals surface area contributed by atoms with Crippen LogP contribution in [-0.2, 0) is 0 Å². The van der Waals surface area contributed by atoms with Gasteiger partial charge in [-0.2, -0.15) is 0 Å². The lowest BCUT2D eigenvalue weighted by Crippen LogP contribution is -2.29. The van der Waals surface area contributed by atoms with E-state index in [1.54, 1.807) is 6.07 Å². The number of aromatic amines is 1. The van der Waals surface area contributed by atoms with Crippen LogP contribution in [0.15, 0.2) is 35.1 Å². The van der Waals surface area contributed by atoms with Crippen LogP contribution in [0.3, 0.4) is 0 Å². The lowest BCUT2D eigenvalue weighted by molar-refractivity contribution is 0.578. The van der Waals surface area contributed by atoms with Crippen molar-refractivity contribution in [1.82, 2.24) is 9.97 Å². The van der Waals surface area contributed by atoms with E-state index in [0.29, 0.717) is 5.95 Å². The highest BCUT2D eigenvalue weighted by Gasteiger charge is 2.11. The maximum absolute atomic E-state index is 11.7. The van der Waals surface area contributed by atoms with E-state index in [4.69, 9.17) is 0 Å². The zero-order valence-corrected chi connectivity index (χ0v) is 13.8. The Hall–Kier alpha value is -2.30. The van der Waals surface area contributed by atoms with Crippen molar-refractivity contribution in [3.8, 4) is 0 Å². The van der Waals surface area contributed by atoms with E-state index in [1.165, 1.54) is 24.9 Å². The number of rotatable bonds is 4. The van der Waals surface area contributed by atoms with Crippen LogP contribution >= 0.6 is 0 Å². The first kappa shape index (κ1) is 15.6. The predicted octanol–water partition coefficient (Wildman–Crippen LogP) is 3.63. The van der Waals surface area contributed by atoms with Crippen LogP contribution in [0.4, 0.5) is 17.3 Å². The van der Waals surface area contributed by atoms with Crippen LogP contribution < -0.4 is 15.8 Å². The fraction of sp³-hybridized carbons (Fsp3) is 0.444. The molecule has 0 atom stereocenters. The number of H-pyrrole nitrogens is 1. The fourth-order valence-corrected chi connectivity index (χ4v) is 2.88. The molecule has 5 heteroatoms. The topological polar surface area (TPSA) is 61.0 Å². The number of aromatic nitrogens is 2. The van der Waals surface area contributed by atoms with Gasteiger partial charge in [-0.1, -0.05) is 13.8 Å². The Kier molecular flexibility index (Phi) is 4.65. The quantitative estimate of drug-likeness (QED) is 0.905. The molecule has 1 aromatic heterocycles. The molecular formula is C18H24N4O. The fourth-order valence-electron chi connectivity index (χ4n) is 2.88. The van der Waals surface area contributed by atoms with E-state index in [0.717, 1.165) is 24.5 Å². The Morgan fingerprint density at radius 2 is 1.83 bits per heavy atom. The third-order valence-corrected chi connectivity index (χ3v) is 4.20. The number of hydrogen-bond donors (Lipinski definition) is 2. The van der Waals surface area contributed by atoms with Crippen molar-refractivity contribution in [3.63, 3.8) is 0 Å². The van der Waals surface area contributed by atoms with Gasteiger partial charge in [0.2, 0.25) is 5.95 Å². The maximum Gasteiger partial charge on any atom is 0.252 e. The Labute approximate surface area is 136 Å². The Balaban J connectivity index is 1.74. The standard InChI is InChI=1S/C18H24N4O/c1-13(2)16-12-17(23)21-18(20-16)19-14-6-8-15(9-7-14)22-10-4-3-5-11-22/h6-9,12-13H,3-5,10-11H2,1-2H3,(H2,19,20,21,23). The first-order valence-electron chi connectivity index (χ1n) is 8.35. The SMILES string of the molecule is CC(C)c1cc(=O)[nH]c(Nc2ccc(N3CCCCC3)cc2)n1. The molecule has 1 fully saturated rings. The molecule has 1 aliphatic heterocycles. The number of nitrogens with one attached hydrogen (secondary N) is 2. The maximum atomic E-state index is 11.7. The lowest BCUT2D eigenvalue weighted by Gasteiger charge is -2.28. The molecule has 5 nitrogen and oxygen atoms in total. The molecule has 0 unspecified atom stereocenters. The molecule has 0 saturated carbocycles. The van der Waals surface area contributed by atoms with Gasteiger partial charge in [0.05, 0.1) is 5.69 Å². The summed E-state index contributed by atoms with van der Waals surface area (Å²) in [6.45, 7) is 6.33. The Bertz CT molecular complexity index is 700. The average molecular weight is 312 g/mol. The molecule has 0 spiro atoms. The minimum atomic E-state index is -0.129. The third-order valence-electron chi connectivity index (χ3n) is 4.20. The number of benzene rings is 1. The van der Waals surface area contributed by atoms with Crippen LogP contribution in [0, 0.1) is 0 Å². The van der Waals surface area contributed by atoms with Crippen molar-refractivity contribution in [2.75, 3.05) is 23.3 Å². The summed E-state index contributed by atoms with van der Waals surface area (Å²) < 4.78 is 0. The molecule has 2 N–H and O–H groups in total. The summed E-state index contributed by atoms with van der Waals surface area (Å²) in [6.07, 6.45) is 3.88. The highest BCUT2D eigenvalue weighted by Crippen LogP contribution is 2.23. The number of piperidine rings is 1. The van der Waals surface area contributed by atoms with Crippen LogP contribution in [0.5, 0.6) is 0 Å². The zero-order valence-electron chi connectivity index (χ0n) is 13.8. The van der Waals surface area contributed by atoms with Gasteiger partial charge in [-0.3, -0.25) is 9.78 Å². The normalized spacial score (nSPS) is 15.0. The molecular weight excluding hydrogens is 288 g/mol. The first-order valence-corrected chi connectivity index (χ1v) is 8.35. The summed E-state index contributed by atoms with van der Waals surface area (Å²) in [5, 5.41) is 3.18. The van der Waals surface area contributed by atoms with Gasteiger partial charge in [-0.05, 0) is 49.4 Å². The van der Waals surface area contributed by atoms with Crippen LogP contribution in [0.1, 0.15) is 44.7 Å². The van der Waals surface area contributed by atoms with Crippen molar-refractivity contribution in [1.29, 1.82) is 0 Å². The second-order valence-corrected chi connectivity index (χ2v) is 6.39. The van der Waals surface area contributed by atoms with Crippen LogP contribution in [-0.4, -0.2) is 23.1 Å². The molecule has 0 radical (unpaired) electrons. The molecule has 2 aromatic rings. The van der Waals surface area contributed by atoms with Gasteiger partial charge in [-0.25, -0.2) is 4.98 Å².